The number of halogens is 2. The second-order valence-corrected chi connectivity index (χ2v) is 6.58. The lowest BCUT2D eigenvalue weighted by atomic mass is 10.0. The van der Waals surface area contributed by atoms with Gasteiger partial charge in [0, 0.05) is 5.38 Å². The molecule has 1 heterocycles. The molecule has 0 spiro atoms. The molecule has 0 aliphatic rings. The highest BCUT2D eigenvalue weighted by molar-refractivity contribution is 7.99. The molecule has 0 bridgehead atoms. The molecule has 1 aromatic carbocycles. The molecule has 22 heavy (non-hydrogen) atoms. The van der Waals surface area contributed by atoms with E-state index in [0.717, 1.165) is 23.5 Å². The number of carbonyl (C=O) groups excluding carboxylic acids is 1. The van der Waals surface area contributed by atoms with Crippen LogP contribution in [0.15, 0.2) is 23.6 Å². The summed E-state index contributed by atoms with van der Waals surface area (Å²) >= 11 is 2.39. The van der Waals surface area contributed by atoms with Crippen LogP contribution in [0.5, 0.6) is 0 Å². The van der Waals surface area contributed by atoms with Crippen molar-refractivity contribution in [2.75, 3.05) is 6.26 Å². The van der Waals surface area contributed by atoms with Crippen molar-refractivity contribution >= 4 is 28.9 Å². The number of carbonyl (C=O) groups is 1. The first-order valence-corrected chi connectivity index (χ1v) is 8.52. The van der Waals surface area contributed by atoms with Crippen LogP contribution in [-0.2, 0) is 4.79 Å². The molecule has 114 valence electrons. The van der Waals surface area contributed by atoms with E-state index in [-0.39, 0.29) is 27.3 Å². The van der Waals surface area contributed by atoms with Gasteiger partial charge in [0.15, 0.2) is 11.7 Å². The lowest BCUT2D eigenvalue weighted by Gasteiger charge is -2.10. The van der Waals surface area contributed by atoms with Gasteiger partial charge in [-0.1, -0.05) is 6.07 Å². The maximum Gasteiger partial charge on any atom is 0.169 e. The zero-order valence-corrected chi connectivity index (χ0v) is 13.5. The highest BCUT2D eigenvalue weighted by Crippen LogP contribution is 2.31. The van der Waals surface area contributed by atoms with Crippen LogP contribution in [0.25, 0.3) is 11.3 Å². The molecule has 7 heteroatoms. The van der Waals surface area contributed by atoms with E-state index in [9.17, 15) is 18.8 Å². The zero-order valence-electron chi connectivity index (χ0n) is 11.8. The average molecular weight is 338 g/mol. The van der Waals surface area contributed by atoms with Crippen molar-refractivity contribution in [2.24, 2.45) is 0 Å². The molecule has 1 aromatic heterocycles. The third-order valence-electron chi connectivity index (χ3n) is 3.16. The van der Waals surface area contributed by atoms with Crippen LogP contribution in [0.4, 0.5) is 8.78 Å². The van der Waals surface area contributed by atoms with Gasteiger partial charge in [-0.05, 0) is 25.3 Å². The van der Waals surface area contributed by atoms with Gasteiger partial charge >= 0.3 is 0 Å². The fourth-order valence-corrected chi connectivity index (χ4v) is 3.10. The van der Waals surface area contributed by atoms with Gasteiger partial charge in [0.25, 0.3) is 0 Å². The van der Waals surface area contributed by atoms with Gasteiger partial charge in [-0.25, -0.2) is 13.8 Å². The molecule has 0 saturated carbocycles. The van der Waals surface area contributed by atoms with Crippen LogP contribution in [0.2, 0.25) is 0 Å². The number of nitrogens with zero attached hydrogens (tertiary/aromatic N) is 2. The van der Waals surface area contributed by atoms with Crippen molar-refractivity contribution in [2.45, 2.75) is 18.1 Å². The zero-order chi connectivity index (χ0) is 16.3. The molecule has 2 unspecified atom stereocenters. The number of nitriles is 1. The number of hydrogen-bond acceptors (Lipinski definition) is 5. The van der Waals surface area contributed by atoms with E-state index in [4.69, 9.17) is 0 Å². The van der Waals surface area contributed by atoms with Crippen LogP contribution in [-0.4, -0.2) is 22.3 Å². The van der Waals surface area contributed by atoms with Gasteiger partial charge < -0.3 is 0 Å². The number of rotatable bonds is 5. The van der Waals surface area contributed by atoms with E-state index in [1.54, 1.807) is 13.2 Å². The molecule has 3 nitrogen and oxygen atoms in total. The van der Waals surface area contributed by atoms with Crippen molar-refractivity contribution in [3.05, 3.63) is 40.2 Å². The van der Waals surface area contributed by atoms with E-state index in [2.05, 4.69) is 4.98 Å². The third-order valence-corrected chi connectivity index (χ3v) is 5.00. The van der Waals surface area contributed by atoms with Crippen molar-refractivity contribution in [3.63, 3.8) is 0 Å². The van der Waals surface area contributed by atoms with Crippen LogP contribution in [0, 0.1) is 23.0 Å². The molecule has 2 rings (SSSR count). The van der Waals surface area contributed by atoms with Crippen LogP contribution in [0.1, 0.15) is 17.8 Å². The normalized spacial score (nSPS) is 13.4. The average Bonchev–Trinajstić information content (AvgIpc) is 2.96. The van der Waals surface area contributed by atoms with E-state index in [1.807, 2.05) is 6.07 Å². The van der Waals surface area contributed by atoms with Gasteiger partial charge in [0.05, 0.1) is 22.6 Å². The van der Waals surface area contributed by atoms with Crippen LogP contribution < -0.4 is 0 Å². The standard InChI is InChI=1S/C15H12F2N2OS2/c1-8(21-2)14(20)9(6-18)15-19-12(7-22-15)13-10(16)4-3-5-11(13)17/h3-5,7-9H,1-2H3. The van der Waals surface area contributed by atoms with Gasteiger partial charge in [0.2, 0.25) is 0 Å². The first-order valence-electron chi connectivity index (χ1n) is 6.35. The predicted molar refractivity (Wildman–Crippen MR) is 83.8 cm³/mol. The Bertz CT molecular complexity index is 719. The maximum absolute atomic E-state index is 13.8. The second kappa shape index (κ2) is 6.99. The summed E-state index contributed by atoms with van der Waals surface area (Å²) in [5.41, 5.74) is -0.146. The Morgan fingerprint density at radius 1 is 1.41 bits per heavy atom. The molecule has 2 atom stereocenters. The number of Topliss-reactive ketones (excluding diaryl/α,β-unsaturated/α-hetero) is 1. The summed E-state index contributed by atoms with van der Waals surface area (Å²) in [5, 5.41) is 10.6. The Morgan fingerprint density at radius 3 is 2.59 bits per heavy atom. The second-order valence-electron chi connectivity index (χ2n) is 4.51. The summed E-state index contributed by atoms with van der Waals surface area (Å²) in [5.74, 6) is -2.73. The predicted octanol–water partition coefficient (Wildman–Crippen LogP) is 4.02. The summed E-state index contributed by atoms with van der Waals surface area (Å²) in [6.45, 7) is 1.71. The van der Waals surface area contributed by atoms with E-state index in [1.165, 1.54) is 23.2 Å². The van der Waals surface area contributed by atoms with Crippen molar-refractivity contribution in [1.29, 1.82) is 5.26 Å². The van der Waals surface area contributed by atoms with E-state index < -0.39 is 17.6 Å². The number of thiazole rings is 1. The molecular formula is C15H12F2N2OS2. The number of hydrogen-bond donors (Lipinski definition) is 0. The number of aromatic nitrogens is 1. The maximum atomic E-state index is 13.8. The third kappa shape index (κ3) is 3.18. The minimum Gasteiger partial charge on any atom is -0.296 e. The van der Waals surface area contributed by atoms with Gasteiger partial charge in [-0.2, -0.15) is 17.0 Å². The fraction of sp³-hybridized carbons (Fsp3) is 0.267. The Morgan fingerprint density at radius 2 is 2.05 bits per heavy atom. The number of ketones is 1. The molecule has 0 aliphatic carbocycles. The van der Waals surface area contributed by atoms with E-state index >= 15 is 0 Å². The highest BCUT2D eigenvalue weighted by Gasteiger charge is 2.28. The summed E-state index contributed by atoms with van der Waals surface area (Å²) in [4.78, 5) is 16.3. The Kier molecular flexibility index (Phi) is 5.27. The largest absolute Gasteiger partial charge is 0.296 e. The van der Waals surface area contributed by atoms with Crippen molar-refractivity contribution in [3.8, 4) is 17.3 Å². The molecule has 2 aromatic rings. The lowest BCUT2D eigenvalue weighted by molar-refractivity contribution is -0.118. The summed E-state index contributed by atoms with van der Waals surface area (Å²) in [7, 11) is 0. The van der Waals surface area contributed by atoms with Crippen molar-refractivity contribution in [1.82, 2.24) is 4.98 Å². The number of thioether (sulfide) groups is 1. The first-order chi connectivity index (χ1) is 10.5. The molecule has 0 N–H and O–H groups in total. The minimum atomic E-state index is -1.02. The summed E-state index contributed by atoms with van der Waals surface area (Å²) < 4.78 is 27.5. The Balaban J connectivity index is 2.39. The quantitative estimate of drug-likeness (QED) is 0.826. The monoisotopic (exact) mass is 338 g/mol. The minimum absolute atomic E-state index is 0.0976. The fourth-order valence-electron chi connectivity index (χ4n) is 1.87. The SMILES string of the molecule is CSC(C)C(=O)C(C#N)c1nc(-c2c(F)cccc2F)cs1. The summed E-state index contributed by atoms with van der Waals surface area (Å²) in [6, 6.07) is 5.47. The topological polar surface area (TPSA) is 53.8 Å². The molecular weight excluding hydrogens is 326 g/mol. The Labute approximate surface area is 135 Å². The van der Waals surface area contributed by atoms with Gasteiger partial charge in [-0.15, -0.1) is 11.3 Å². The van der Waals surface area contributed by atoms with Gasteiger partial charge in [0.1, 0.15) is 16.6 Å². The Hall–Kier alpha value is -1.78. The lowest BCUT2D eigenvalue weighted by Crippen LogP contribution is -2.20. The van der Waals surface area contributed by atoms with E-state index in [0.29, 0.717) is 0 Å². The number of benzene rings is 1. The molecule has 0 fully saturated rings. The molecule has 0 aliphatic heterocycles. The van der Waals surface area contributed by atoms with Gasteiger partial charge in [-0.3, -0.25) is 4.79 Å². The summed E-state index contributed by atoms with van der Waals surface area (Å²) in [6.07, 6.45) is 1.78. The molecule has 0 saturated heterocycles. The molecule has 0 radical (unpaired) electrons. The first kappa shape index (κ1) is 16.6. The smallest absolute Gasteiger partial charge is 0.169 e. The van der Waals surface area contributed by atoms with Crippen LogP contribution in [0.3, 0.4) is 0 Å². The van der Waals surface area contributed by atoms with Crippen molar-refractivity contribution < 1.29 is 13.6 Å². The molecule has 0 amide bonds. The van der Waals surface area contributed by atoms with Crippen LogP contribution >= 0.6 is 23.1 Å². The highest BCUT2D eigenvalue weighted by atomic mass is 32.2.